The molecule has 0 unspecified atom stereocenters. The van der Waals surface area contributed by atoms with Gasteiger partial charge in [-0.1, -0.05) is 0 Å². The van der Waals surface area contributed by atoms with E-state index in [1.807, 2.05) is 6.20 Å². The Hall–Kier alpha value is -1.39. The molecule has 5 nitrogen and oxygen atoms in total. The molecule has 41 valence electrons. The summed E-state index contributed by atoms with van der Waals surface area (Å²) in [5.41, 5.74) is -0.301. The topological polar surface area (TPSA) is 76.2 Å². The highest BCUT2D eigenvalue weighted by Crippen LogP contribution is 1.85. The van der Waals surface area contributed by atoms with E-state index in [0.29, 0.717) is 0 Å². The highest BCUT2D eigenvalue weighted by molar-refractivity contribution is 5.84. The Labute approximate surface area is 43.9 Å². The first-order chi connectivity index (χ1) is 3.80. The molecule has 1 radical (unpaired) electrons. The van der Waals surface area contributed by atoms with Crippen LogP contribution in [-0.2, 0) is 0 Å². The molecule has 0 aliphatic heterocycles. The monoisotopic (exact) mass is 113 g/mol. The van der Waals surface area contributed by atoms with Crippen molar-refractivity contribution in [2.24, 2.45) is 0 Å². The van der Waals surface area contributed by atoms with Crippen LogP contribution in [-0.4, -0.2) is 21.4 Å². The highest BCUT2D eigenvalue weighted by atomic mass is 16.6. The van der Waals surface area contributed by atoms with E-state index in [4.69, 9.17) is 5.11 Å². The molecule has 0 saturated carbocycles. The number of aromatic carboxylic acids is 1. The largest absolute Gasteiger partial charge is 0.476 e. The third-order valence-corrected chi connectivity index (χ3v) is 0.527. The van der Waals surface area contributed by atoms with E-state index in [0.717, 1.165) is 0 Å². The minimum Gasteiger partial charge on any atom is -0.476 e. The number of nitrogens with zero attached hydrogens (tertiary/aromatic N) is 2. The van der Waals surface area contributed by atoms with Gasteiger partial charge in [-0.2, -0.15) is 0 Å². The average molecular weight is 113 g/mol. The third-order valence-electron chi connectivity index (χ3n) is 0.527. The molecule has 8 heavy (non-hydrogen) atoms. The number of carbonyl (C=O) groups is 1. The lowest BCUT2D eigenvalue weighted by Crippen LogP contribution is -1.94. The van der Waals surface area contributed by atoms with Gasteiger partial charge in [0.05, 0.1) is 0 Å². The number of carboxylic acid groups (broad SMARTS) is 1. The van der Waals surface area contributed by atoms with Crippen LogP contribution >= 0.6 is 0 Å². The van der Waals surface area contributed by atoms with Crippen LogP contribution in [0.5, 0.6) is 0 Å². The van der Waals surface area contributed by atoms with E-state index >= 15 is 0 Å². The molecule has 0 bridgehead atoms. The van der Waals surface area contributed by atoms with Gasteiger partial charge in [-0.05, 0) is 10.3 Å². The first-order valence-corrected chi connectivity index (χ1v) is 1.74. The van der Waals surface area contributed by atoms with Gasteiger partial charge >= 0.3 is 5.97 Å². The van der Waals surface area contributed by atoms with Crippen LogP contribution in [0.25, 0.3) is 0 Å². The average Bonchev–Trinajstić information content (AvgIpc) is 2.12. The van der Waals surface area contributed by atoms with Crippen molar-refractivity contribution < 1.29 is 14.5 Å². The maximum atomic E-state index is 9.87. The molecule has 5 heteroatoms. The SMILES string of the molecule is O=C(O)c1[c]non1. The van der Waals surface area contributed by atoms with Crippen molar-refractivity contribution in [2.75, 3.05) is 0 Å². The van der Waals surface area contributed by atoms with Gasteiger partial charge in [0.2, 0.25) is 5.69 Å². The van der Waals surface area contributed by atoms with Gasteiger partial charge in [0.15, 0.2) is 6.20 Å². The first-order valence-electron chi connectivity index (χ1n) is 1.74. The molecule has 1 N–H and O–H groups in total. The maximum Gasteiger partial charge on any atom is 0.360 e. The van der Waals surface area contributed by atoms with Gasteiger partial charge in [-0.3, -0.25) is 0 Å². The van der Waals surface area contributed by atoms with Crippen molar-refractivity contribution in [3.8, 4) is 0 Å². The number of hydrogen-bond acceptors (Lipinski definition) is 4. The summed E-state index contributed by atoms with van der Waals surface area (Å²) in [6.07, 6.45) is 2.01. The van der Waals surface area contributed by atoms with Crippen LogP contribution < -0.4 is 0 Å². The van der Waals surface area contributed by atoms with Gasteiger partial charge < -0.3 is 5.11 Å². The van der Waals surface area contributed by atoms with E-state index in [2.05, 4.69) is 14.9 Å². The second kappa shape index (κ2) is 1.61. The molecule has 1 rings (SSSR count). The summed E-state index contributed by atoms with van der Waals surface area (Å²) >= 11 is 0. The molecular weight excluding hydrogens is 112 g/mol. The third kappa shape index (κ3) is 0.651. The first kappa shape index (κ1) is 4.76. The number of hydrogen-bond donors (Lipinski definition) is 1. The normalized spacial score (nSPS) is 9.00. The predicted molar refractivity (Wildman–Crippen MR) is 20.1 cm³/mol. The van der Waals surface area contributed by atoms with Crippen molar-refractivity contribution in [1.82, 2.24) is 10.3 Å². The zero-order valence-corrected chi connectivity index (χ0v) is 3.66. The predicted octanol–water partition coefficient (Wildman–Crippen LogP) is -0.432. The molecule has 0 saturated heterocycles. The lowest BCUT2D eigenvalue weighted by molar-refractivity contribution is 0.0684. The van der Waals surface area contributed by atoms with Gasteiger partial charge in [0.1, 0.15) is 0 Å². The summed E-state index contributed by atoms with van der Waals surface area (Å²) in [6, 6.07) is 0. The molecule has 1 heterocycles. The van der Waals surface area contributed by atoms with Gasteiger partial charge in [0.25, 0.3) is 0 Å². The second-order valence-corrected chi connectivity index (χ2v) is 1.03. The maximum absolute atomic E-state index is 9.87. The van der Waals surface area contributed by atoms with E-state index in [1.54, 1.807) is 0 Å². The Bertz CT molecular complexity index is 180. The minimum atomic E-state index is -1.19. The Kier molecular flexibility index (Phi) is 0.957. The summed E-state index contributed by atoms with van der Waals surface area (Å²) in [6.45, 7) is 0. The molecule has 0 amide bonds. The van der Waals surface area contributed by atoms with Gasteiger partial charge in [0, 0.05) is 0 Å². The molecule has 1 aromatic heterocycles. The lowest BCUT2D eigenvalue weighted by atomic mass is 10.5. The number of aromatic nitrogens is 2. The molecular formula is C3HN2O3. The van der Waals surface area contributed by atoms with Gasteiger partial charge in [-0.15, -0.1) is 0 Å². The summed E-state index contributed by atoms with van der Waals surface area (Å²) in [5, 5.41) is 14.0. The molecule has 0 atom stereocenters. The van der Waals surface area contributed by atoms with Crippen LogP contribution in [0.3, 0.4) is 0 Å². The fourth-order valence-electron chi connectivity index (χ4n) is 0.232. The van der Waals surface area contributed by atoms with Crippen LogP contribution in [0.2, 0.25) is 0 Å². The summed E-state index contributed by atoms with van der Waals surface area (Å²) in [4.78, 5) is 9.87. The zero-order valence-electron chi connectivity index (χ0n) is 3.66. The van der Waals surface area contributed by atoms with Crippen molar-refractivity contribution in [1.29, 1.82) is 0 Å². The van der Waals surface area contributed by atoms with Crippen molar-refractivity contribution >= 4 is 5.97 Å². The Morgan fingerprint density at radius 3 is 2.88 bits per heavy atom. The summed E-state index contributed by atoms with van der Waals surface area (Å²) < 4.78 is 3.94. The quantitative estimate of drug-likeness (QED) is 0.534. The number of rotatable bonds is 1. The molecule has 0 aliphatic rings. The Morgan fingerprint density at radius 1 is 1.88 bits per heavy atom. The van der Waals surface area contributed by atoms with E-state index < -0.39 is 5.97 Å². The standard InChI is InChI=1S/C3HN2O3/c6-3(7)2-1-4-8-5-2/h(H,6,7). The molecule has 0 aromatic carbocycles. The van der Waals surface area contributed by atoms with E-state index in [-0.39, 0.29) is 5.69 Å². The molecule has 0 aliphatic carbocycles. The van der Waals surface area contributed by atoms with E-state index in [1.165, 1.54) is 0 Å². The Balaban J connectivity index is 2.93. The molecule has 0 fully saturated rings. The smallest absolute Gasteiger partial charge is 0.360 e. The molecule has 1 aromatic rings. The van der Waals surface area contributed by atoms with Crippen molar-refractivity contribution in [2.45, 2.75) is 0 Å². The second-order valence-electron chi connectivity index (χ2n) is 1.03. The minimum absolute atomic E-state index is 0.301. The van der Waals surface area contributed by atoms with Crippen LogP contribution in [0, 0.1) is 6.20 Å². The zero-order chi connectivity index (χ0) is 5.98. The van der Waals surface area contributed by atoms with Crippen molar-refractivity contribution in [3.05, 3.63) is 11.9 Å². The van der Waals surface area contributed by atoms with Crippen LogP contribution in [0.15, 0.2) is 4.63 Å². The summed E-state index contributed by atoms with van der Waals surface area (Å²) in [7, 11) is 0. The lowest BCUT2D eigenvalue weighted by Gasteiger charge is -1.73. The Morgan fingerprint density at radius 2 is 2.62 bits per heavy atom. The fraction of sp³-hybridized carbons (Fsp3) is 0. The van der Waals surface area contributed by atoms with Crippen LogP contribution in [0.4, 0.5) is 0 Å². The van der Waals surface area contributed by atoms with Gasteiger partial charge in [-0.25, -0.2) is 9.42 Å². The fourth-order valence-corrected chi connectivity index (χ4v) is 0.232. The number of carboxylic acids is 1. The van der Waals surface area contributed by atoms with Crippen molar-refractivity contribution in [3.63, 3.8) is 0 Å². The highest BCUT2D eigenvalue weighted by Gasteiger charge is 2.05. The molecule has 0 spiro atoms. The van der Waals surface area contributed by atoms with Crippen LogP contribution in [0.1, 0.15) is 10.5 Å². The van der Waals surface area contributed by atoms with E-state index in [9.17, 15) is 4.79 Å². The summed E-state index contributed by atoms with van der Waals surface area (Å²) in [5.74, 6) is -1.19.